The van der Waals surface area contributed by atoms with Crippen molar-refractivity contribution in [1.29, 1.82) is 0 Å². The number of benzene rings is 2. The third kappa shape index (κ3) is 6.73. The van der Waals surface area contributed by atoms with Gasteiger partial charge in [-0.05, 0) is 55.8 Å². The fourth-order valence-electron chi connectivity index (χ4n) is 2.92. The van der Waals surface area contributed by atoms with Gasteiger partial charge >= 0.3 is 6.36 Å². The van der Waals surface area contributed by atoms with E-state index in [2.05, 4.69) is 20.2 Å². The van der Waals surface area contributed by atoms with Crippen molar-refractivity contribution < 1.29 is 32.0 Å². The van der Waals surface area contributed by atoms with E-state index in [1.807, 2.05) is 31.2 Å². The Bertz CT molecular complexity index is 1020. The number of nitrogens with one attached hydrogen (secondary N) is 1. The van der Waals surface area contributed by atoms with Crippen LogP contribution in [-0.4, -0.2) is 29.0 Å². The molecule has 32 heavy (non-hydrogen) atoms. The zero-order valence-corrected chi connectivity index (χ0v) is 17.5. The number of rotatable bonds is 9. The van der Waals surface area contributed by atoms with Crippen LogP contribution in [0.4, 0.5) is 13.2 Å². The molecule has 1 unspecified atom stereocenters. The molecule has 1 aromatic heterocycles. The minimum Gasteiger partial charge on any atom is -0.494 e. The van der Waals surface area contributed by atoms with E-state index in [-0.39, 0.29) is 24.5 Å². The Hall–Kier alpha value is -3.56. The van der Waals surface area contributed by atoms with Crippen molar-refractivity contribution in [3.05, 3.63) is 60.0 Å². The van der Waals surface area contributed by atoms with Gasteiger partial charge < -0.3 is 19.3 Å². The van der Waals surface area contributed by atoms with Gasteiger partial charge in [-0.2, -0.15) is 4.98 Å². The molecule has 10 heteroatoms. The number of aromatic nitrogens is 2. The molecule has 7 nitrogen and oxygen atoms in total. The van der Waals surface area contributed by atoms with Gasteiger partial charge in [-0.15, -0.1) is 13.2 Å². The molecular weight excluding hydrogens is 427 g/mol. The van der Waals surface area contributed by atoms with Gasteiger partial charge in [0.2, 0.25) is 17.6 Å². The van der Waals surface area contributed by atoms with E-state index in [0.29, 0.717) is 23.9 Å². The lowest BCUT2D eigenvalue weighted by atomic mass is 10.1. The lowest BCUT2D eigenvalue weighted by molar-refractivity contribution is -0.274. The van der Waals surface area contributed by atoms with Crippen LogP contribution in [0.15, 0.2) is 53.1 Å². The fourth-order valence-corrected chi connectivity index (χ4v) is 2.92. The molecule has 0 saturated heterocycles. The van der Waals surface area contributed by atoms with Crippen molar-refractivity contribution in [1.82, 2.24) is 15.5 Å². The Labute approximate surface area is 182 Å². The predicted octanol–water partition coefficient (Wildman–Crippen LogP) is 4.84. The first-order chi connectivity index (χ1) is 15.2. The third-order valence-electron chi connectivity index (χ3n) is 4.45. The van der Waals surface area contributed by atoms with Crippen LogP contribution in [0.2, 0.25) is 0 Å². The van der Waals surface area contributed by atoms with Crippen molar-refractivity contribution in [3.63, 3.8) is 0 Å². The number of hydrogen-bond donors (Lipinski definition) is 1. The summed E-state index contributed by atoms with van der Waals surface area (Å²) >= 11 is 0. The zero-order valence-electron chi connectivity index (χ0n) is 17.5. The van der Waals surface area contributed by atoms with Crippen LogP contribution >= 0.6 is 0 Å². The Morgan fingerprint density at radius 2 is 1.75 bits per heavy atom. The molecule has 1 heterocycles. The molecule has 0 saturated carbocycles. The molecule has 0 radical (unpaired) electrons. The average Bonchev–Trinajstić information content (AvgIpc) is 3.21. The molecule has 1 amide bonds. The van der Waals surface area contributed by atoms with Crippen LogP contribution in [0, 0.1) is 0 Å². The second kappa shape index (κ2) is 10.2. The maximum absolute atomic E-state index is 12.2. The van der Waals surface area contributed by atoms with E-state index < -0.39 is 12.4 Å². The quantitative estimate of drug-likeness (QED) is 0.503. The SMILES string of the molecule is CCOc1ccc(-c2noc(CCC(=O)NC(C)c3ccc(OC(F)(F)F)cc3)n2)cc1. The number of hydrogen-bond acceptors (Lipinski definition) is 6. The molecular formula is C22H22F3N3O4. The molecule has 0 aliphatic rings. The van der Waals surface area contributed by atoms with Crippen molar-refractivity contribution in [2.24, 2.45) is 0 Å². The number of ether oxygens (including phenoxy) is 2. The van der Waals surface area contributed by atoms with E-state index in [9.17, 15) is 18.0 Å². The summed E-state index contributed by atoms with van der Waals surface area (Å²) in [5, 5.41) is 6.72. The summed E-state index contributed by atoms with van der Waals surface area (Å²) in [6, 6.07) is 12.2. The molecule has 170 valence electrons. The van der Waals surface area contributed by atoms with Crippen LogP contribution in [0.1, 0.15) is 37.8 Å². The van der Waals surface area contributed by atoms with E-state index in [1.54, 1.807) is 6.92 Å². The zero-order chi connectivity index (χ0) is 23.1. The number of carbonyl (C=O) groups is 1. The first-order valence-corrected chi connectivity index (χ1v) is 9.94. The Kier molecular flexibility index (Phi) is 7.34. The van der Waals surface area contributed by atoms with Gasteiger partial charge in [0.15, 0.2) is 0 Å². The maximum atomic E-state index is 12.2. The van der Waals surface area contributed by atoms with Crippen molar-refractivity contribution in [2.75, 3.05) is 6.61 Å². The molecule has 0 bridgehead atoms. The molecule has 0 aliphatic heterocycles. The number of amides is 1. The van der Waals surface area contributed by atoms with Crippen molar-refractivity contribution in [3.8, 4) is 22.9 Å². The lowest BCUT2D eigenvalue weighted by Gasteiger charge is -2.15. The average molecular weight is 449 g/mol. The van der Waals surface area contributed by atoms with Crippen LogP contribution in [0.3, 0.4) is 0 Å². The smallest absolute Gasteiger partial charge is 0.494 e. The molecule has 3 aromatic rings. The Morgan fingerprint density at radius 1 is 1.09 bits per heavy atom. The van der Waals surface area contributed by atoms with Gasteiger partial charge in [-0.25, -0.2) is 0 Å². The van der Waals surface area contributed by atoms with Crippen LogP contribution < -0.4 is 14.8 Å². The first-order valence-electron chi connectivity index (χ1n) is 9.94. The number of aryl methyl sites for hydroxylation is 1. The monoisotopic (exact) mass is 449 g/mol. The lowest BCUT2D eigenvalue weighted by Crippen LogP contribution is -2.26. The number of halogens is 3. The molecule has 0 spiro atoms. The number of nitrogens with zero attached hydrogens (tertiary/aromatic N) is 2. The standard InChI is InChI=1S/C22H22F3N3O4/c1-3-30-17-8-6-16(7-9-17)21-27-20(32-28-21)13-12-19(29)26-14(2)15-4-10-18(11-5-15)31-22(23,24)25/h4-11,14H,3,12-13H2,1-2H3,(H,26,29). The Balaban J connectivity index is 1.49. The second-order valence-electron chi connectivity index (χ2n) is 6.88. The topological polar surface area (TPSA) is 86.5 Å². The highest BCUT2D eigenvalue weighted by molar-refractivity contribution is 5.76. The summed E-state index contributed by atoms with van der Waals surface area (Å²) in [5.41, 5.74) is 1.41. The van der Waals surface area contributed by atoms with Gasteiger partial charge in [0.25, 0.3) is 0 Å². The van der Waals surface area contributed by atoms with E-state index in [1.165, 1.54) is 24.3 Å². The molecule has 1 atom stereocenters. The molecule has 0 aliphatic carbocycles. The minimum absolute atomic E-state index is 0.116. The summed E-state index contributed by atoms with van der Waals surface area (Å²) in [6.45, 7) is 4.21. The van der Waals surface area contributed by atoms with E-state index in [4.69, 9.17) is 9.26 Å². The maximum Gasteiger partial charge on any atom is 0.573 e. The van der Waals surface area contributed by atoms with Gasteiger partial charge in [0, 0.05) is 18.4 Å². The van der Waals surface area contributed by atoms with Gasteiger partial charge in [-0.3, -0.25) is 4.79 Å². The first kappa shape index (κ1) is 23.1. The fraction of sp³-hybridized carbons (Fsp3) is 0.318. The number of alkyl halides is 3. The van der Waals surface area contributed by atoms with E-state index >= 15 is 0 Å². The summed E-state index contributed by atoms with van der Waals surface area (Å²) in [7, 11) is 0. The normalized spacial score (nSPS) is 12.3. The number of carbonyl (C=O) groups excluding carboxylic acids is 1. The Morgan fingerprint density at radius 3 is 2.38 bits per heavy atom. The van der Waals surface area contributed by atoms with Crippen molar-refractivity contribution >= 4 is 5.91 Å². The summed E-state index contributed by atoms with van der Waals surface area (Å²) in [5.74, 6) is 0.907. The molecule has 2 aromatic carbocycles. The largest absolute Gasteiger partial charge is 0.573 e. The van der Waals surface area contributed by atoms with Crippen molar-refractivity contribution in [2.45, 2.75) is 39.1 Å². The molecule has 3 rings (SSSR count). The van der Waals surface area contributed by atoms with Gasteiger partial charge in [0.1, 0.15) is 11.5 Å². The van der Waals surface area contributed by atoms with Gasteiger partial charge in [-0.1, -0.05) is 17.3 Å². The third-order valence-corrected chi connectivity index (χ3v) is 4.45. The molecule has 0 fully saturated rings. The minimum atomic E-state index is -4.75. The predicted molar refractivity (Wildman–Crippen MR) is 109 cm³/mol. The highest BCUT2D eigenvalue weighted by Crippen LogP contribution is 2.24. The second-order valence-corrected chi connectivity index (χ2v) is 6.88. The highest BCUT2D eigenvalue weighted by Gasteiger charge is 2.31. The van der Waals surface area contributed by atoms with Crippen LogP contribution in [0.5, 0.6) is 11.5 Å². The molecule has 1 N–H and O–H groups in total. The summed E-state index contributed by atoms with van der Waals surface area (Å²) in [6.07, 6.45) is -4.38. The highest BCUT2D eigenvalue weighted by atomic mass is 19.4. The summed E-state index contributed by atoms with van der Waals surface area (Å²) in [4.78, 5) is 16.5. The van der Waals surface area contributed by atoms with Gasteiger partial charge in [0.05, 0.1) is 12.6 Å². The van der Waals surface area contributed by atoms with Crippen LogP contribution in [0.25, 0.3) is 11.4 Å². The van der Waals surface area contributed by atoms with E-state index in [0.717, 1.165) is 11.3 Å². The van der Waals surface area contributed by atoms with Crippen LogP contribution in [-0.2, 0) is 11.2 Å². The summed E-state index contributed by atoms with van der Waals surface area (Å²) < 4.78 is 51.2.